The smallest absolute Gasteiger partial charge is 0.256 e. The van der Waals surface area contributed by atoms with E-state index in [4.69, 9.17) is 4.42 Å². The highest BCUT2D eigenvalue weighted by molar-refractivity contribution is 6.06. The Morgan fingerprint density at radius 2 is 2.17 bits per heavy atom. The maximum absolute atomic E-state index is 12.9. The van der Waals surface area contributed by atoms with E-state index >= 15 is 0 Å². The van der Waals surface area contributed by atoms with Crippen LogP contribution in [0.3, 0.4) is 0 Å². The van der Waals surface area contributed by atoms with Crippen LogP contribution in [0.1, 0.15) is 47.1 Å². The topological polar surface area (TPSA) is 110 Å². The number of fused-ring (bicyclic) bond motifs is 1. The summed E-state index contributed by atoms with van der Waals surface area (Å²) in [5, 5.41) is 17.5. The highest BCUT2D eigenvalue weighted by Gasteiger charge is 2.19. The van der Waals surface area contributed by atoms with E-state index in [1.54, 1.807) is 29.2 Å². The first kappa shape index (κ1) is 19.1. The number of oxazole rings is 1. The lowest BCUT2D eigenvalue weighted by Gasteiger charge is -2.14. The Labute approximate surface area is 172 Å². The summed E-state index contributed by atoms with van der Waals surface area (Å²) in [5.41, 5.74) is 3.47. The summed E-state index contributed by atoms with van der Waals surface area (Å²) >= 11 is 0. The summed E-state index contributed by atoms with van der Waals surface area (Å²) in [6.07, 6.45) is 9.65. The zero-order valence-electron chi connectivity index (χ0n) is 16.4. The van der Waals surface area contributed by atoms with Crippen molar-refractivity contribution >= 4 is 34.8 Å². The van der Waals surface area contributed by atoms with Gasteiger partial charge in [0, 0.05) is 34.6 Å². The molecule has 0 bridgehead atoms. The van der Waals surface area contributed by atoms with E-state index in [0.717, 1.165) is 10.9 Å². The van der Waals surface area contributed by atoms with Crippen LogP contribution < -0.4 is 5.32 Å². The van der Waals surface area contributed by atoms with Crippen LogP contribution >= 0.6 is 0 Å². The Balaban J connectivity index is 1.64. The molecule has 0 spiro atoms. The number of carbonyl (C=O) groups is 1. The third-order valence-electron chi connectivity index (χ3n) is 4.61. The highest BCUT2D eigenvalue weighted by Crippen LogP contribution is 2.24. The normalized spacial score (nSPS) is 11.3. The largest absolute Gasteiger partial charge is 0.451 e. The van der Waals surface area contributed by atoms with Crippen molar-refractivity contribution in [3.05, 3.63) is 71.8 Å². The van der Waals surface area contributed by atoms with Crippen molar-refractivity contribution in [3.8, 4) is 6.07 Å². The molecular formula is C22H18N6O2. The van der Waals surface area contributed by atoms with E-state index in [9.17, 15) is 10.1 Å². The van der Waals surface area contributed by atoms with Crippen molar-refractivity contribution in [3.63, 3.8) is 0 Å². The summed E-state index contributed by atoms with van der Waals surface area (Å²) < 4.78 is 6.65. The molecule has 8 nitrogen and oxygen atoms in total. The lowest BCUT2D eigenvalue weighted by molar-refractivity contribution is 0.102. The van der Waals surface area contributed by atoms with Gasteiger partial charge < -0.3 is 9.73 Å². The van der Waals surface area contributed by atoms with Crippen molar-refractivity contribution in [1.29, 1.82) is 5.26 Å². The molecule has 8 heteroatoms. The molecule has 4 rings (SSSR count). The fraction of sp³-hybridized carbons (Fsp3) is 0.136. The van der Waals surface area contributed by atoms with Crippen LogP contribution in [0.5, 0.6) is 0 Å². The van der Waals surface area contributed by atoms with Gasteiger partial charge in [0.25, 0.3) is 5.91 Å². The van der Waals surface area contributed by atoms with E-state index in [1.807, 2.05) is 32.0 Å². The van der Waals surface area contributed by atoms with Crippen LogP contribution in [0, 0.1) is 11.3 Å². The number of carbonyl (C=O) groups excluding carboxylic acids is 1. The number of amides is 1. The Morgan fingerprint density at radius 1 is 1.30 bits per heavy atom. The SMILES string of the molecule is CC(C)c1c(C(=O)Nc2ccc3cnn(/C=C/c4cocn4)c3c2)ccnc1C#N. The average molecular weight is 398 g/mol. The maximum atomic E-state index is 12.9. The first-order valence-electron chi connectivity index (χ1n) is 9.31. The third kappa shape index (κ3) is 3.69. The summed E-state index contributed by atoms with van der Waals surface area (Å²) in [6, 6.07) is 9.24. The monoisotopic (exact) mass is 398 g/mol. The van der Waals surface area contributed by atoms with Crippen LogP contribution in [0.15, 0.2) is 53.7 Å². The minimum absolute atomic E-state index is 0.0142. The van der Waals surface area contributed by atoms with E-state index in [2.05, 4.69) is 26.5 Å². The molecule has 148 valence electrons. The number of nitrogens with one attached hydrogen (secondary N) is 1. The Bertz CT molecular complexity index is 1280. The van der Waals surface area contributed by atoms with Crippen molar-refractivity contribution in [1.82, 2.24) is 19.7 Å². The Morgan fingerprint density at radius 3 is 2.90 bits per heavy atom. The number of hydrogen-bond acceptors (Lipinski definition) is 6. The lowest BCUT2D eigenvalue weighted by Crippen LogP contribution is -2.16. The van der Waals surface area contributed by atoms with Gasteiger partial charge in [-0.05, 0) is 36.3 Å². The predicted octanol–water partition coefficient (Wildman–Crippen LogP) is 4.29. The first-order chi connectivity index (χ1) is 14.6. The molecule has 4 aromatic rings. The molecular weight excluding hydrogens is 380 g/mol. The Kier molecular flexibility index (Phi) is 5.09. The number of aromatic nitrogens is 4. The van der Waals surface area contributed by atoms with Crippen molar-refractivity contribution in [2.24, 2.45) is 0 Å². The van der Waals surface area contributed by atoms with E-state index in [1.165, 1.54) is 18.9 Å². The number of nitriles is 1. The molecule has 0 atom stereocenters. The molecule has 1 aromatic carbocycles. The quantitative estimate of drug-likeness (QED) is 0.537. The highest BCUT2D eigenvalue weighted by atomic mass is 16.3. The van der Waals surface area contributed by atoms with Crippen molar-refractivity contribution in [2.45, 2.75) is 19.8 Å². The van der Waals surface area contributed by atoms with Gasteiger partial charge in [-0.3, -0.25) is 4.79 Å². The summed E-state index contributed by atoms with van der Waals surface area (Å²) in [6.45, 7) is 3.86. The van der Waals surface area contributed by atoms with Gasteiger partial charge in [0.2, 0.25) is 0 Å². The van der Waals surface area contributed by atoms with Crippen LogP contribution in [0.25, 0.3) is 23.2 Å². The van der Waals surface area contributed by atoms with Gasteiger partial charge in [0.05, 0.1) is 11.7 Å². The number of hydrogen-bond donors (Lipinski definition) is 1. The maximum Gasteiger partial charge on any atom is 0.256 e. The lowest BCUT2D eigenvalue weighted by atomic mass is 9.95. The van der Waals surface area contributed by atoms with Gasteiger partial charge in [-0.2, -0.15) is 10.4 Å². The minimum Gasteiger partial charge on any atom is -0.451 e. The van der Waals surface area contributed by atoms with E-state index < -0.39 is 0 Å². The molecule has 0 aliphatic carbocycles. The van der Waals surface area contributed by atoms with E-state index in [-0.39, 0.29) is 17.5 Å². The summed E-state index contributed by atoms with van der Waals surface area (Å²) in [4.78, 5) is 21.1. The molecule has 0 saturated heterocycles. The first-order valence-corrected chi connectivity index (χ1v) is 9.31. The molecule has 3 aromatic heterocycles. The van der Waals surface area contributed by atoms with Gasteiger partial charge in [-0.1, -0.05) is 13.8 Å². The second kappa shape index (κ2) is 8.01. The molecule has 0 aliphatic rings. The number of benzene rings is 1. The molecule has 1 N–H and O–H groups in total. The minimum atomic E-state index is -0.291. The number of rotatable bonds is 5. The van der Waals surface area contributed by atoms with Gasteiger partial charge in [0.15, 0.2) is 6.39 Å². The van der Waals surface area contributed by atoms with Crippen LogP contribution in [0.2, 0.25) is 0 Å². The zero-order valence-corrected chi connectivity index (χ0v) is 16.4. The average Bonchev–Trinajstić information content (AvgIpc) is 3.41. The number of anilines is 1. The molecule has 0 unspecified atom stereocenters. The Hall–Kier alpha value is -4.25. The number of nitrogens with zero attached hydrogens (tertiary/aromatic N) is 5. The van der Waals surface area contributed by atoms with Crippen LogP contribution in [-0.2, 0) is 0 Å². The van der Waals surface area contributed by atoms with Crippen molar-refractivity contribution < 1.29 is 9.21 Å². The van der Waals surface area contributed by atoms with Gasteiger partial charge in [-0.15, -0.1) is 0 Å². The zero-order chi connectivity index (χ0) is 21.1. The van der Waals surface area contributed by atoms with E-state index in [0.29, 0.717) is 22.5 Å². The molecule has 30 heavy (non-hydrogen) atoms. The summed E-state index contributed by atoms with van der Waals surface area (Å²) in [5.74, 6) is -0.305. The second-order valence-corrected chi connectivity index (χ2v) is 6.93. The fourth-order valence-electron chi connectivity index (χ4n) is 3.23. The van der Waals surface area contributed by atoms with Crippen LogP contribution in [-0.4, -0.2) is 25.7 Å². The fourth-order valence-corrected chi connectivity index (χ4v) is 3.23. The molecule has 0 fully saturated rings. The van der Waals surface area contributed by atoms with Gasteiger partial charge >= 0.3 is 0 Å². The molecule has 0 saturated carbocycles. The van der Waals surface area contributed by atoms with Gasteiger partial charge in [0.1, 0.15) is 23.7 Å². The molecule has 1 amide bonds. The molecule has 3 heterocycles. The molecule has 0 aliphatic heterocycles. The number of pyridine rings is 1. The molecule has 0 radical (unpaired) electrons. The predicted molar refractivity (Wildman–Crippen MR) is 112 cm³/mol. The third-order valence-corrected chi connectivity index (χ3v) is 4.61. The second-order valence-electron chi connectivity index (χ2n) is 6.93. The van der Waals surface area contributed by atoms with Crippen molar-refractivity contribution in [2.75, 3.05) is 5.32 Å². The van der Waals surface area contributed by atoms with Crippen LogP contribution in [0.4, 0.5) is 5.69 Å². The van der Waals surface area contributed by atoms with Gasteiger partial charge in [-0.25, -0.2) is 14.6 Å². The summed E-state index contributed by atoms with van der Waals surface area (Å²) in [7, 11) is 0. The standard InChI is InChI=1S/C22H18N6O2/c1-14(2)21-18(5-7-24-19(21)10-23)22(29)27-16-4-3-15-11-26-28(20(15)9-16)8-6-17-12-30-13-25-17/h3-9,11-14H,1-2H3,(H,27,29)/b8-6+.